The average molecular weight is 322 g/mol. The van der Waals surface area contributed by atoms with Gasteiger partial charge in [-0.3, -0.25) is 0 Å². The molecule has 1 heterocycles. The first-order valence-electron chi connectivity index (χ1n) is 6.67. The summed E-state index contributed by atoms with van der Waals surface area (Å²) in [5.74, 6) is 0. The van der Waals surface area contributed by atoms with Gasteiger partial charge in [0.1, 0.15) is 0 Å². The van der Waals surface area contributed by atoms with Crippen molar-refractivity contribution >= 4 is 21.6 Å². The van der Waals surface area contributed by atoms with Crippen molar-refractivity contribution < 1.29 is 0 Å². The summed E-state index contributed by atoms with van der Waals surface area (Å²) in [5, 5.41) is 12.4. The molecule has 102 valence electrons. The minimum Gasteiger partial charge on any atom is -0.364 e. The first kappa shape index (κ1) is 14.4. The molecule has 0 aromatic heterocycles. The van der Waals surface area contributed by atoms with Crippen molar-refractivity contribution in [3.8, 4) is 6.07 Å². The third kappa shape index (κ3) is 3.29. The quantitative estimate of drug-likeness (QED) is 0.908. The fraction of sp³-hybridized carbons (Fsp3) is 0.533. The predicted octanol–water partition coefficient (Wildman–Crippen LogP) is 3.31. The van der Waals surface area contributed by atoms with Crippen LogP contribution in [0.5, 0.6) is 0 Å². The lowest BCUT2D eigenvalue weighted by atomic mass is 9.97. The summed E-state index contributed by atoms with van der Waals surface area (Å²) in [7, 11) is 0. The molecule has 1 fully saturated rings. The molecule has 0 spiro atoms. The van der Waals surface area contributed by atoms with Crippen LogP contribution in [0.15, 0.2) is 28.7 Å². The van der Waals surface area contributed by atoms with Crippen LogP contribution in [0.2, 0.25) is 0 Å². The highest BCUT2D eigenvalue weighted by molar-refractivity contribution is 9.10. The third-order valence-electron chi connectivity index (χ3n) is 3.78. The topological polar surface area (TPSA) is 39.1 Å². The lowest BCUT2D eigenvalue weighted by Crippen LogP contribution is -2.47. The molecule has 0 aliphatic carbocycles. The van der Waals surface area contributed by atoms with E-state index in [9.17, 15) is 0 Å². The molecule has 1 aromatic rings. The van der Waals surface area contributed by atoms with Gasteiger partial charge >= 0.3 is 0 Å². The second-order valence-electron chi connectivity index (χ2n) is 5.64. The summed E-state index contributed by atoms with van der Waals surface area (Å²) in [6.45, 7) is 6.36. The Balaban J connectivity index is 2.32. The lowest BCUT2D eigenvalue weighted by molar-refractivity contribution is 0.452. The lowest BCUT2D eigenvalue weighted by Gasteiger charge is -2.40. The highest BCUT2D eigenvalue weighted by Gasteiger charge is 2.32. The zero-order valence-electron chi connectivity index (χ0n) is 11.5. The number of nitriles is 1. The Morgan fingerprint density at radius 1 is 1.47 bits per heavy atom. The number of halogens is 1. The van der Waals surface area contributed by atoms with Gasteiger partial charge in [0.05, 0.1) is 18.2 Å². The van der Waals surface area contributed by atoms with Gasteiger partial charge in [-0.2, -0.15) is 5.26 Å². The molecular weight excluding hydrogens is 302 g/mol. The largest absolute Gasteiger partial charge is 0.364 e. The molecule has 4 heteroatoms. The van der Waals surface area contributed by atoms with E-state index in [2.05, 4.69) is 64.3 Å². The Kier molecular flexibility index (Phi) is 4.49. The number of hydrogen-bond acceptors (Lipinski definition) is 3. The van der Waals surface area contributed by atoms with Crippen molar-refractivity contribution in [3.63, 3.8) is 0 Å². The number of para-hydroxylation sites is 1. The Hall–Kier alpha value is -1.05. The van der Waals surface area contributed by atoms with Gasteiger partial charge in [0, 0.05) is 22.6 Å². The van der Waals surface area contributed by atoms with Gasteiger partial charge in [-0.1, -0.05) is 12.1 Å². The van der Waals surface area contributed by atoms with Crippen LogP contribution in [0, 0.1) is 11.3 Å². The molecule has 1 aliphatic rings. The Labute approximate surface area is 123 Å². The summed E-state index contributed by atoms with van der Waals surface area (Å²) in [5.41, 5.74) is 1.29. The van der Waals surface area contributed by atoms with Gasteiger partial charge in [0.2, 0.25) is 0 Å². The second kappa shape index (κ2) is 5.94. The molecule has 2 rings (SSSR count). The fourth-order valence-electron chi connectivity index (χ4n) is 2.59. The maximum absolute atomic E-state index is 8.93. The van der Waals surface area contributed by atoms with Crippen LogP contribution in [-0.2, 0) is 0 Å². The second-order valence-corrected chi connectivity index (χ2v) is 6.49. The van der Waals surface area contributed by atoms with Gasteiger partial charge < -0.3 is 10.2 Å². The summed E-state index contributed by atoms with van der Waals surface area (Å²) in [6, 6.07) is 10.8. The highest BCUT2D eigenvalue weighted by Crippen LogP contribution is 2.33. The molecule has 19 heavy (non-hydrogen) atoms. The van der Waals surface area contributed by atoms with Gasteiger partial charge in [-0.25, -0.2) is 0 Å². The molecule has 3 nitrogen and oxygen atoms in total. The van der Waals surface area contributed by atoms with E-state index in [4.69, 9.17) is 5.26 Å². The number of anilines is 1. The minimum atomic E-state index is 0.0844. The zero-order chi connectivity index (χ0) is 13.9. The highest BCUT2D eigenvalue weighted by atomic mass is 79.9. The van der Waals surface area contributed by atoms with Crippen molar-refractivity contribution in [3.05, 3.63) is 28.7 Å². The Morgan fingerprint density at radius 3 is 2.89 bits per heavy atom. The van der Waals surface area contributed by atoms with Crippen LogP contribution in [0.25, 0.3) is 0 Å². The molecule has 0 amide bonds. The molecule has 1 atom stereocenters. The van der Waals surface area contributed by atoms with Crippen LogP contribution in [0.3, 0.4) is 0 Å². The van der Waals surface area contributed by atoms with Crippen LogP contribution >= 0.6 is 15.9 Å². The predicted molar refractivity (Wildman–Crippen MR) is 82.2 cm³/mol. The van der Waals surface area contributed by atoms with E-state index in [0.717, 1.165) is 24.0 Å². The number of rotatable bonds is 2. The number of nitrogens with one attached hydrogen (secondary N) is 1. The van der Waals surface area contributed by atoms with Crippen LogP contribution in [0.1, 0.15) is 26.7 Å². The molecule has 1 N–H and O–H groups in total. The van der Waals surface area contributed by atoms with Gasteiger partial charge in [0.15, 0.2) is 0 Å². The maximum Gasteiger partial charge on any atom is 0.0638 e. The monoisotopic (exact) mass is 321 g/mol. The number of nitrogens with zero attached hydrogens (tertiary/aromatic N) is 2. The molecule has 1 aromatic carbocycles. The smallest absolute Gasteiger partial charge is 0.0638 e. The van der Waals surface area contributed by atoms with Crippen LogP contribution in [-0.4, -0.2) is 24.7 Å². The van der Waals surface area contributed by atoms with Crippen molar-refractivity contribution in [2.24, 2.45) is 0 Å². The standard InChI is InChI=1S/C15H20BrN3/c1-15(2)8-10-18-12(7-9-17)11-19(15)14-6-4-3-5-13(14)16/h3-6,12,18H,7-8,10-11H2,1-2H3. The van der Waals surface area contributed by atoms with Crippen LogP contribution < -0.4 is 10.2 Å². The fourth-order valence-corrected chi connectivity index (χ4v) is 3.09. The summed E-state index contributed by atoms with van der Waals surface area (Å²) in [4.78, 5) is 2.42. The van der Waals surface area contributed by atoms with Crippen LogP contribution in [0.4, 0.5) is 5.69 Å². The van der Waals surface area contributed by atoms with Gasteiger partial charge in [-0.15, -0.1) is 0 Å². The van der Waals surface area contributed by atoms with E-state index in [1.807, 2.05) is 6.07 Å². The minimum absolute atomic E-state index is 0.0844. The Bertz CT molecular complexity index is 479. The van der Waals surface area contributed by atoms with E-state index in [1.165, 1.54) is 5.69 Å². The zero-order valence-corrected chi connectivity index (χ0v) is 13.1. The third-order valence-corrected chi connectivity index (χ3v) is 4.45. The van der Waals surface area contributed by atoms with Crippen molar-refractivity contribution in [2.45, 2.75) is 38.3 Å². The molecule has 1 aliphatic heterocycles. The normalized spacial score (nSPS) is 22.6. The summed E-state index contributed by atoms with van der Waals surface area (Å²) < 4.78 is 1.11. The van der Waals surface area contributed by atoms with E-state index < -0.39 is 0 Å². The first-order valence-corrected chi connectivity index (χ1v) is 7.46. The van der Waals surface area contributed by atoms with Crippen molar-refractivity contribution in [1.82, 2.24) is 5.32 Å². The summed E-state index contributed by atoms with van der Waals surface area (Å²) >= 11 is 3.64. The molecule has 0 saturated carbocycles. The van der Waals surface area contributed by atoms with Gasteiger partial charge in [-0.05, 0) is 54.9 Å². The first-order chi connectivity index (χ1) is 9.04. The molecule has 0 bridgehead atoms. The van der Waals surface area contributed by atoms with E-state index in [0.29, 0.717) is 6.42 Å². The summed E-state index contributed by atoms with van der Waals surface area (Å²) in [6.07, 6.45) is 1.62. The molecule has 0 radical (unpaired) electrons. The molecule has 1 saturated heterocycles. The van der Waals surface area contributed by atoms with E-state index in [-0.39, 0.29) is 11.6 Å². The van der Waals surface area contributed by atoms with Gasteiger partial charge in [0.25, 0.3) is 0 Å². The number of hydrogen-bond donors (Lipinski definition) is 1. The molecular formula is C15H20BrN3. The average Bonchev–Trinajstić information content (AvgIpc) is 2.50. The SMILES string of the molecule is CC1(C)CCNC(CC#N)CN1c1ccccc1Br. The number of benzene rings is 1. The maximum atomic E-state index is 8.93. The Morgan fingerprint density at radius 2 is 2.21 bits per heavy atom. The van der Waals surface area contributed by atoms with E-state index in [1.54, 1.807) is 0 Å². The molecule has 1 unspecified atom stereocenters. The van der Waals surface area contributed by atoms with Crippen molar-refractivity contribution in [1.29, 1.82) is 5.26 Å². The van der Waals surface area contributed by atoms with E-state index >= 15 is 0 Å². The van der Waals surface area contributed by atoms with Crippen molar-refractivity contribution in [2.75, 3.05) is 18.0 Å².